The molecule has 7 heteroatoms. The smallest absolute Gasteiger partial charge is 0.232 e. The van der Waals surface area contributed by atoms with Crippen LogP contribution in [0.4, 0.5) is 5.69 Å². The van der Waals surface area contributed by atoms with Gasteiger partial charge < -0.3 is 5.32 Å². The molecule has 0 bridgehead atoms. The fraction of sp³-hybridized carbons (Fsp3) is 0.533. The number of nitrogens with one attached hydrogen (secondary N) is 1. The largest absolute Gasteiger partial charge is 0.351 e. The summed E-state index contributed by atoms with van der Waals surface area (Å²) in [6.07, 6.45) is 1.26. The van der Waals surface area contributed by atoms with Crippen LogP contribution in [0.25, 0.3) is 0 Å². The highest BCUT2D eigenvalue weighted by Crippen LogP contribution is 2.26. The molecule has 0 saturated heterocycles. The SMILES string of the molecule is Cc1cc(Br)ccc1N(CCC(=O)NC(C)(C)C)S(C)(=O)=O. The zero-order valence-corrected chi connectivity index (χ0v) is 16.0. The molecule has 1 rings (SSSR count). The van der Waals surface area contributed by atoms with E-state index >= 15 is 0 Å². The lowest BCUT2D eigenvalue weighted by Crippen LogP contribution is -2.42. The number of hydrogen-bond donors (Lipinski definition) is 1. The van der Waals surface area contributed by atoms with Gasteiger partial charge in [-0.25, -0.2) is 8.42 Å². The molecule has 5 nitrogen and oxygen atoms in total. The topological polar surface area (TPSA) is 66.5 Å². The van der Waals surface area contributed by atoms with E-state index in [9.17, 15) is 13.2 Å². The molecule has 0 aromatic heterocycles. The molecule has 0 aliphatic heterocycles. The van der Waals surface area contributed by atoms with E-state index in [4.69, 9.17) is 0 Å². The summed E-state index contributed by atoms with van der Waals surface area (Å²) in [5.74, 6) is -0.170. The van der Waals surface area contributed by atoms with Crippen LogP contribution in [-0.2, 0) is 14.8 Å². The van der Waals surface area contributed by atoms with Crippen molar-refractivity contribution in [2.75, 3.05) is 17.1 Å². The second-order valence-corrected chi connectivity index (χ2v) is 9.14. The van der Waals surface area contributed by atoms with Gasteiger partial charge in [-0.05, 0) is 51.5 Å². The van der Waals surface area contributed by atoms with E-state index in [0.29, 0.717) is 5.69 Å². The van der Waals surface area contributed by atoms with Gasteiger partial charge in [0.05, 0.1) is 11.9 Å². The number of sulfonamides is 1. The van der Waals surface area contributed by atoms with Crippen LogP contribution in [0.1, 0.15) is 32.8 Å². The third-order valence-electron chi connectivity index (χ3n) is 2.88. The number of carbonyl (C=O) groups excluding carboxylic acids is 1. The molecule has 1 aromatic carbocycles. The van der Waals surface area contributed by atoms with Gasteiger partial charge in [-0.15, -0.1) is 0 Å². The molecule has 0 heterocycles. The van der Waals surface area contributed by atoms with Crippen LogP contribution in [0.2, 0.25) is 0 Å². The molecule has 0 radical (unpaired) electrons. The molecule has 0 aliphatic rings. The Labute approximate surface area is 141 Å². The number of aryl methyl sites for hydroxylation is 1. The maximum Gasteiger partial charge on any atom is 0.232 e. The van der Waals surface area contributed by atoms with Crippen molar-refractivity contribution in [1.29, 1.82) is 0 Å². The quantitative estimate of drug-likeness (QED) is 0.840. The van der Waals surface area contributed by atoms with Crippen LogP contribution >= 0.6 is 15.9 Å². The normalized spacial score (nSPS) is 12.1. The summed E-state index contributed by atoms with van der Waals surface area (Å²) in [5.41, 5.74) is 1.09. The predicted molar refractivity (Wildman–Crippen MR) is 93.6 cm³/mol. The fourth-order valence-electron chi connectivity index (χ4n) is 2.05. The molecule has 0 unspecified atom stereocenters. The third-order valence-corrected chi connectivity index (χ3v) is 4.56. The van der Waals surface area contributed by atoms with Gasteiger partial charge in [-0.1, -0.05) is 15.9 Å². The molecule has 1 N–H and O–H groups in total. The average Bonchev–Trinajstić information content (AvgIpc) is 2.27. The fourth-order valence-corrected chi connectivity index (χ4v) is 3.51. The molecule has 0 spiro atoms. The Kier molecular flexibility index (Phi) is 6.03. The monoisotopic (exact) mass is 390 g/mol. The van der Waals surface area contributed by atoms with Gasteiger partial charge in [-0.2, -0.15) is 0 Å². The number of benzene rings is 1. The Bertz CT molecular complexity index is 651. The summed E-state index contributed by atoms with van der Waals surface area (Å²) in [5, 5.41) is 2.83. The van der Waals surface area contributed by atoms with E-state index in [2.05, 4.69) is 21.2 Å². The first-order valence-electron chi connectivity index (χ1n) is 6.95. The molecule has 1 amide bonds. The lowest BCUT2D eigenvalue weighted by Gasteiger charge is -2.25. The van der Waals surface area contributed by atoms with Crippen molar-refractivity contribution in [2.45, 2.75) is 39.7 Å². The molecule has 0 aliphatic carbocycles. The Balaban J connectivity index is 2.95. The van der Waals surface area contributed by atoms with Gasteiger partial charge in [-0.3, -0.25) is 9.10 Å². The van der Waals surface area contributed by atoms with E-state index in [1.807, 2.05) is 33.8 Å². The van der Waals surface area contributed by atoms with Crippen LogP contribution in [0, 0.1) is 6.92 Å². The van der Waals surface area contributed by atoms with Crippen molar-refractivity contribution >= 4 is 37.5 Å². The lowest BCUT2D eigenvalue weighted by molar-refractivity contribution is -0.122. The molecule has 0 fully saturated rings. The highest BCUT2D eigenvalue weighted by Gasteiger charge is 2.21. The molecular formula is C15H23BrN2O3S. The number of carbonyl (C=O) groups is 1. The van der Waals surface area contributed by atoms with Gasteiger partial charge in [0.15, 0.2) is 0 Å². The van der Waals surface area contributed by atoms with Crippen LogP contribution in [0.15, 0.2) is 22.7 Å². The van der Waals surface area contributed by atoms with Gasteiger partial charge in [0.1, 0.15) is 0 Å². The molecule has 1 aromatic rings. The number of rotatable bonds is 5. The van der Waals surface area contributed by atoms with Gasteiger partial charge in [0, 0.05) is 23.0 Å². The van der Waals surface area contributed by atoms with Crippen molar-refractivity contribution < 1.29 is 13.2 Å². The summed E-state index contributed by atoms with van der Waals surface area (Å²) in [4.78, 5) is 11.9. The third kappa shape index (κ3) is 5.96. The van der Waals surface area contributed by atoms with E-state index in [0.717, 1.165) is 16.3 Å². The van der Waals surface area contributed by atoms with Crippen LogP contribution in [-0.4, -0.2) is 32.7 Å². The van der Waals surface area contributed by atoms with E-state index in [1.165, 1.54) is 4.31 Å². The maximum absolute atomic E-state index is 12.0. The highest BCUT2D eigenvalue weighted by atomic mass is 79.9. The number of hydrogen-bond acceptors (Lipinski definition) is 3. The summed E-state index contributed by atoms with van der Waals surface area (Å²) < 4.78 is 26.3. The van der Waals surface area contributed by atoms with Crippen LogP contribution < -0.4 is 9.62 Å². The standard InChI is InChI=1S/C15H23BrN2O3S/c1-11-10-12(16)6-7-13(11)18(22(5,20)21)9-8-14(19)17-15(2,3)4/h6-7,10H,8-9H2,1-5H3,(H,17,19). The molecule has 124 valence electrons. The van der Waals surface area contributed by atoms with Crippen LogP contribution in [0.5, 0.6) is 0 Å². The minimum atomic E-state index is -3.45. The molecule has 22 heavy (non-hydrogen) atoms. The number of nitrogens with zero attached hydrogens (tertiary/aromatic N) is 1. The van der Waals surface area contributed by atoms with Crippen molar-refractivity contribution in [1.82, 2.24) is 5.32 Å². The van der Waals surface area contributed by atoms with E-state index in [1.54, 1.807) is 12.1 Å². The van der Waals surface area contributed by atoms with E-state index < -0.39 is 10.0 Å². The summed E-state index contributed by atoms with van der Waals surface area (Å²) in [6.45, 7) is 7.62. The Morgan fingerprint density at radius 2 is 1.91 bits per heavy atom. The predicted octanol–water partition coefficient (Wildman–Crippen LogP) is 2.83. The van der Waals surface area contributed by atoms with Crippen molar-refractivity contribution in [3.05, 3.63) is 28.2 Å². The summed E-state index contributed by atoms with van der Waals surface area (Å²) in [7, 11) is -3.45. The minimum Gasteiger partial charge on any atom is -0.351 e. The first kappa shape index (κ1) is 19.0. The van der Waals surface area contributed by atoms with Gasteiger partial charge in [0.2, 0.25) is 15.9 Å². The number of halogens is 1. The first-order chi connectivity index (χ1) is 9.90. The highest BCUT2D eigenvalue weighted by molar-refractivity contribution is 9.10. The van der Waals surface area contributed by atoms with Crippen molar-refractivity contribution in [3.63, 3.8) is 0 Å². The number of anilines is 1. The first-order valence-corrected chi connectivity index (χ1v) is 9.59. The summed E-state index contributed by atoms with van der Waals surface area (Å²) >= 11 is 3.36. The van der Waals surface area contributed by atoms with Gasteiger partial charge in [0.25, 0.3) is 0 Å². The molecular weight excluding hydrogens is 368 g/mol. The minimum absolute atomic E-state index is 0.111. The second kappa shape index (κ2) is 7.00. The second-order valence-electron chi connectivity index (χ2n) is 6.31. The Hall–Kier alpha value is -1.08. The average molecular weight is 391 g/mol. The zero-order valence-electron chi connectivity index (χ0n) is 13.6. The Morgan fingerprint density at radius 1 is 1.32 bits per heavy atom. The number of amides is 1. The van der Waals surface area contributed by atoms with Crippen LogP contribution in [0.3, 0.4) is 0 Å². The molecule has 0 saturated carbocycles. The molecule has 0 atom stereocenters. The summed E-state index contributed by atoms with van der Waals surface area (Å²) in [6, 6.07) is 5.38. The zero-order chi connectivity index (χ0) is 17.1. The maximum atomic E-state index is 12.0. The van der Waals surface area contributed by atoms with Gasteiger partial charge >= 0.3 is 0 Å². The van der Waals surface area contributed by atoms with E-state index in [-0.39, 0.29) is 24.4 Å². The lowest BCUT2D eigenvalue weighted by atomic mass is 10.1. The van der Waals surface area contributed by atoms with Crippen molar-refractivity contribution in [2.24, 2.45) is 0 Å². The van der Waals surface area contributed by atoms with Crippen molar-refractivity contribution in [3.8, 4) is 0 Å². The Morgan fingerprint density at radius 3 is 2.36 bits per heavy atom.